The van der Waals surface area contributed by atoms with Gasteiger partial charge in [-0.3, -0.25) is 4.57 Å². The van der Waals surface area contributed by atoms with E-state index < -0.39 is 0 Å². The number of hydrogen-bond donors (Lipinski definition) is 0. The molecule has 9 aromatic carbocycles. The second-order valence-electron chi connectivity index (χ2n) is 16.9. The van der Waals surface area contributed by atoms with E-state index in [1.54, 1.807) is 0 Å². The van der Waals surface area contributed by atoms with Crippen LogP contribution >= 0.6 is 0 Å². The van der Waals surface area contributed by atoms with Crippen LogP contribution in [0.2, 0.25) is 0 Å². The van der Waals surface area contributed by atoms with Gasteiger partial charge in [-0.1, -0.05) is 200 Å². The molecule has 0 fully saturated rings. The summed E-state index contributed by atoms with van der Waals surface area (Å²) in [5.74, 6) is 2.43. The van der Waals surface area contributed by atoms with E-state index in [0.717, 1.165) is 99.6 Å². The Bertz CT molecular complexity index is 3940. The Hall–Kier alpha value is -9.33. The molecular formula is C61H39N7. The Labute approximate surface area is 392 Å². The topological polar surface area (TPSA) is 74.3 Å². The van der Waals surface area contributed by atoms with Gasteiger partial charge in [0.25, 0.3) is 0 Å². The number of nitrogens with zero attached hydrogens (tertiary/aromatic N) is 7. The van der Waals surface area contributed by atoms with Gasteiger partial charge in [0.2, 0.25) is 5.95 Å². The molecule has 0 amide bonds. The van der Waals surface area contributed by atoms with Gasteiger partial charge in [-0.2, -0.15) is 9.97 Å². The van der Waals surface area contributed by atoms with Crippen LogP contribution in [0, 0.1) is 0 Å². The van der Waals surface area contributed by atoms with E-state index in [4.69, 9.17) is 24.9 Å². The third kappa shape index (κ3) is 6.72. The van der Waals surface area contributed by atoms with E-state index in [1.807, 2.05) is 48.5 Å². The summed E-state index contributed by atoms with van der Waals surface area (Å²) in [4.78, 5) is 26.1. The zero-order chi connectivity index (χ0) is 45.0. The monoisotopic (exact) mass is 869 g/mol. The van der Waals surface area contributed by atoms with Crippen LogP contribution in [-0.4, -0.2) is 34.1 Å². The summed E-state index contributed by atoms with van der Waals surface area (Å²) >= 11 is 0. The van der Waals surface area contributed by atoms with Crippen LogP contribution in [0.1, 0.15) is 0 Å². The molecule has 7 heteroatoms. The van der Waals surface area contributed by atoms with Crippen molar-refractivity contribution in [3.63, 3.8) is 0 Å². The largest absolute Gasteiger partial charge is 0.309 e. The van der Waals surface area contributed by atoms with Gasteiger partial charge in [-0.15, -0.1) is 0 Å². The van der Waals surface area contributed by atoms with E-state index in [2.05, 4.69) is 197 Å². The van der Waals surface area contributed by atoms with E-state index in [1.165, 1.54) is 0 Å². The van der Waals surface area contributed by atoms with Gasteiger partial charge in [0.15, 0.2) is 17.5 Å². The van der Waals surface area contributed by atoms with Crippen LogP contribution in [0.5, 0.6) is 0 Å². The van der Waals surface area contributed by atoms with Crippen LogP contribution in [0.25, 0.3) is 123 Å². The minimum atomic E-state index is 0.549. The number of fused-ring (bicyclic) bond motifs is 6. The van der Waals surface area contributed by atoms with Gasteiger partial charge >= 0.3 is 0 Å². The maximum absolute atomic E-state index is 5.30. The van der Waals surface area contributed by atoms with E-state index >= 15 is 0 Å². The Morgan fingerprint density at radius 1 is 0.250 bits per heavy atom. The quantitative estimate of drug-likeness (QED) is 0.152. The van der Waals surface area contributed by atoms with E-state index in [0.29, 0.717) is 23.4 Å². The number of benzene rings is 9. The van der Waals surface area contributed by atoms with Crippen LogP contribution < -0.4 is 0 Å². The van der Waals surface area contributed by atoms with E-state index in [9.17, 15) is 0 Å². The fraction of sp³-hybridized carbons (Fsp3) is 0. The van der Waals surface area contributed by atoms with Gasteiger partial charge < -0.3 is 4.57 Å². The molecule has 0 spiro atoms. The van der Waals surface area contributed by atoms with Gasteiger partial charge in [-0.05, 0) is 47.5 Å². The molecule has 13 rings (SSSR count). The van der Waals surface area contributed by atoms with Crippen molar-refractivity contribution in [2.24, 2.45) is 0 Å². The van der Waals surface area contributed by atoms with Crippen molar-refractivity contribution in [2.45, 2.75) is 0 Å². The minimum absolute atomic E-state index is 0.549. The molecule has 0 radical (unpaired) electrons. The SMILES string of the molecule is c1ccc(-c2ccc(-c3nc(-c4ccccc4)nc(-n4c5ccccc5c5cc6c(cc54)c4ccccc4n6-c4ccccc4-c4cc(-c5ccccc5)nc(-c5ccccc5)n4)n3)cc2)cc1. The lowest BCUT2D eigenvalue weighted by atomic mass is 10.0. The zero-order valence-electron chi connectivity index (χ0n) is 36.6. The second kappa shape index (κ2) is 16.3. The molecule has 318 valence electrons. The molecule has 13 aromatic rings. The summed E-state index contributed by atoms with van der Waals surface area (Å²) in [7, 11) is 0. The molecule has 0 saturated heterocycles. The molecule has 4 heterocycles. The summed E-state index contributed by atoms with van der Waals surface area (Å²) in [5, 5.41) is 4.43. The molecule has 0 saturated carbocycles. The first-order valence-electron chi connectivity index (χ1n) is 22.8. The molecule has 7 nitrogen and oxygen atoms in total. The standard InChI is InChI=1S/C61H39N7/c1-5-19-40(20-6-1)41-33-35-45(36-34-41)60-64-59(44-25-11-4-12-26-44)65-61(66-60)68-54-31-17-14-28-47(54)50-37-56-49(38-57(50)68)46-27-13-16-30-53(46)67(56)55-32-18-15-29-48(55)52-39-51(42-21-7-2-8-22-42)62-58(63-52)43-23-9-3-10-24-43/h1-39H. The molecule has 0 aliphatic rings. The van der Waals surface area contributed by atoms with Crippen LogP contribution in [0.15, 0.2) is 237 Å². The normalized spacial score (nSPS) is 11.5. The summed E-state index contributed by atoms with van der Waals surface area (Å²) in [6.45, 7) is 0. The molecule has 0 bridgehead atoms. The molecule has 0 aliphatic heterocycles. The van der Waals surface area contributed by atoms with Crippen molar-refractivity contribution in [1.29, 1.82) is 0 Å². The van der Waals surface area contributed by atoms with Gasteiger partial charge in [0.1, 0.15) is 0 Å². The predicted octanol–water partition coefficient (Wildman–Crippen LogP) is 14.9. The van der Waals surface area contributed by atoms with Crippen molar-refractivity contribution >= 4 is 43.6 Å². The molecular weight excluding hydrogens is 831 g/mol. The lowest BCUT2D eigenvalue weighted by Crippen LogP contribution is -2.06. The summed E-state index contributed by atoms with van der Waals surface area (Å²) in [5.41, 5.74) is 14.0. The summed E-state index contributed by atoms with van der Waals surface area (Å²) < 4.78 is 4.60. The molecule has 68 heavy (non-hydrogen) atoms. The highest BCUT2D eigenvalue weighted by Gasteiger charge is 2.23. The lowest BCUT2D eigenvalue weighted by molar-refractivity contribution is 0.954. The second-order valence-corrected chi connectivity index (χ2v) is 16.9. The first-order chi connectivity index (χ1) is 33.7. The third-order valence-corrected chi connectivity index (χ3v) is 12.8. The molecule has 0 atom stereocenters. The summed E-state index contributed by atoms with van der Waals surface area (Å²) in [6, 6.07) is 82.2. The first kappa shape index (κ1) is 39.1. The fourth-order valence-corrected chi connectivity index (χ4v) is 9.60. The van der Waals surface area contributed by atoms with Crippen molar-refractivity contribution in [1.82, 2.24) is 34.1 Å². The molecule has 0 aliphatic carbocycles. The molecule has 0 unspecified atom stereocenters. The van der Waals surface area contributed by atoms with Crippen molar-refractivity contribution in [2.75, 3.05) is 0 Å². The predicted molar refractivity (Wildman–Crippen MR) is 277 cm³/mol. The molecule has 0 N–H and O–H groups in total. The summed E-state index contributed by atoms with van der Waals surface area (Å²) in [6.07, 6.45) is 0. The maximum atomic E-state index is 5.30. The zero-order valence-corrected chi connectivity index (χ0v) is 36.6. The Morgan fingerprint density at radius 2 is 0.662 bits per heavy atom. The van der Waals surface area contributed by atoms with Crippen LogP contribution in [-0.2, 0) is 0 Å². The van der Waals surface area contributed by atoms with Crippen molar-refractivity contribution < 1.29 is 0 Å². The smallest absolute Gasteiger partial charge is 0.238 e. The average molecular weight is 870 g/mol. The van der Waals surface area contributed by atoms with Crippen LogP contribution in [0.4, 0.5) is 0 Å². The van der Waals surface area contributed by atoms with Gasteiger partial charge in [0.05, 0.1) is 39.1 Å². The van der Waals surface area contributed by atoms with Gasteiger partial charge in [0, 0.05) is 49.4 Å². The van der Waals surface area contributed by atoms with Crippen LogP contribution in [0.3, 0.4) is 0 Å². The Morgan fingerprint density at radius 3 is 1.26 bits per heavy atom. The van der Waals surface area contributed by atoms with Crippen molar-refractivity contribution in [3.8, 4) is 79.4 Å². The van der Waals surface area contributed by atoms with Crippen molar-refractivity contribution in [3.05, 3.63) is 237 Å². The highest BCUT2D eigenvalue weighted by atomic mass is 15.2. The average Bonchev–Trinajstić information content (AvgIpc) is 3.92. The number of aromatic nitrogens is 7. The highest BCUT2D eigenvalue weighted by molar-refractivity contribution is 6.19. The van der Waals surface area contributed by atoms with Gasteiger partial charge in [-0.25, -0.2) is 15.0 Å². The fourth-order valence-electron chi connectivity index (χ4n) is 9.60. The molecule has 4 aromatic heterocycles. The lowest BCUT2D eigenvalue weighted by Gasteiger charge is -2.15. The van der Waals surface area contributed by atoms with E-state index in [-0.39, 0.29) is 0 Å². The Balaban J connectivity index is 1.03. The number of rotatable bonds is 8. The number of hydrogen-bond acceptors (Lipinski definition) is 5. The minimum Gasteiger partial charge on any atom is -0.309 e. The Kier molecular flexibility index (Phi) is 9.35. The third-order valence-electron chi connectivity index (χ3n) is 12.8. The number of para-hydroxylation sites is 3. The first-order valence-corrected chi connectivity index (χ1v) is 22.8. The maximum Gasteiger partial charge on any atom is 0.238 e. The highest BCUT2D eigenvalue weighted by Crippen LogP contribution is 2.42.